The number of sulfonamides is 1. The van der Waals surface area contributed by atoms with Crippen LogP contribution in [0.15, 0.2) is 71.6 Å². The van der Waals surface area contributed by atoms with Gasteiger partial charge in [0.05, 0.1) is 4.90 Å². The second-order valence-corrected chi connectivity index (χ2v) is 9.25. The van der Waals surface area contributed by atoms with Gasteiger partial charge < -0.3 is 10.6 Å². The Morgan fingerprint density at radius 3 is 2.09 bits per heavy atom. The van der Waals surface area contributed by atoms with Crippen molar-refractivity contribution in [3.8, 4) is 0 Å². The second-order valence-electron chi connectivity index (χ2n) is 7.48. The minimum atomic E-state index is -3.64. The number of carbonyl (C=O) groups is 2. The van der Waals surface area contributed by atoms with Gasteiger partial charge in [0.2, 0.25) is 15.9 Å². The SMILES string of the molecule is CC(=O)Nc1cccc(NC(=O)c2ccc(CNS(=O)(=O)c3ccc(C)c(C)c3)cc2)c1. The van der Waals surface area contributed by atoms with Gasteiger partial charge in [-0.1, -0.05) is 24.3 Å². The lowest BCUT2D eigenvalue weighted by Crippen LogP contribution is -2.23. The normalized spacial score (nSPS) is 11.1. The number of hydrogen-bond acceptors (Lipinski definition) is 4. The van der Waals surface area contributed by atoms with Crippen LogP contribution in [0.25, 0.3) is 0 Å². The van der Waals surface area contributed by atoms with E-state index in [1.807, 2.05) is 13.8 Å². The van der Waals surface area contributed by atoms with E-state index in [1.54, 1.807) is 66.7 Å². The fourth-order valence-electron chi connectivity index (χ4n) is 3.00. The first-order valence-corrected chi connectivity index (χ1v) is 11.5. The van der Waals surface area contributed by atoms with Gasteiger partial charge in [0.25, 0.3) is 5.91 Å². The maximum atomic E-state index is 12.5. The molecule has 0 aromatic heterocycles. The van der Waals surface area contributed by atoms with Crippen LogP contribution in [0.4, 0.5) is 11.4 Å². The van der Waals surface area contributed by atoms with E-state index in [0.717, 1.165) is 16.7 Å². The maximum Gasteiger partial charge on any atom is 0.255 e. The summed E-state index contributed by atoms with van der Waals surface area (Å²) < 4.78 is 27.7. The molecule has 32 heavy (non-hydrogen) atoms. The summed E-state index contributed by atoms with van der Waals surface area (Å²) in [6, 6.07) is 18.5. The highest BCUT2D eigenvalue weighted by molar-refractivity contribution is 7.89. The van der Waals surface area contributed by atoms with Crippen LogP contribution >= 0.6 is 0 Å². The van der Waals surface area contributed by atoms with E-state index in [-0.39, 0.29) is 23.3 Å². The molecule has 0 atom stereocenters. The Hall–Kier alpha value is -3.49. The van der Waals surface area contributed by atoms with Crippen molar-refractivity contribution >= 4 is 33.2 Å². The highest BCUT2D eigenvalue weighted by atomic mass is 32.2. The van der Waals surface area contributed by atoms with E-state index in [1.165, 1.54) is 6.92 Å². The summed E-state index contributed by atoms with van der Waals surface area (Å²) in [5.41, 5.74) is 4.22. The van der Waals surface area contributed by atoms with E-state index < -0.39 is 10.0 Å². The van der Waals surface area contributed by atoms with Crippen molar-refractivity contribution in [1.29, 1.82) is 0 Å². The van der Waals surface area contributed by atoms with Gasteiger partial charge in [-0.3, -0.25) is 9.59 Å². The molecule has 8 heteroatoms. The van der Waals surface area contributed by atoms with Gasteiger partial charge in [-0.15, -0.1) is 0 Å². The summed E-state index contributed by atoms with van der Waals surface area (Å²) in [7, 11) is -3.64. The molecule has 0 radical (unpaired) electrons. The average Bonchev–Trinajstić information content (AvgIpc) is 2.74. The van der Waals surface area contributed by atoms with Crippen LogP contribution in [-0.4, -0.2) is 20.2 Å². The molecule has 0 spiro atoms. The van der Waals surface area contributed by atoms with Crippen molar-refractivity contribution in [2.24, 2.45) is 0 Å². The molecule has 3 aromatic carbocycles. The molecule has 0 saturated carbocycles. The van der Waals surface area contributed by atoms with Crippen molar-refractivity contribution in [3.05, 3.63) is 89.0 Å². The molecule has 3 rings (SSSR count). The van der Waals surface area contributed by atoms with Gasteiger partial charge in [0.1, 0.15) is 0 Å². The van der Waals surface area contributed by atoms with Crippen LogP contribution in [0.1, 0.15) is 34.0 Å². The summed E-state index contributed by atoms with van der Waals surface area (Å²) in [4.78, 5) is 23.9. The number of anilines is 2. The quantitative estimate of drug-likeness (QED) is 0.505. The lowest BCUT2D eigenvalue weighted by Gasteiger charge is -2.10. The van der Waals surface area contributed by atoms with Crippen LogP contribution < -0.4 is 15.4 Å². The third-order valence-corrected chi connectivity index (χ3v) is 6.31. The molecule has 0 bridgehead atoms. The molecule has 0 aliphatic rings. The van der Waals surface area contributed by atoms with Gasteiger partial charge in [-0.2, -0.15) is 0 Å². The average molecular weight is 452 g/mol. The van der Waals surface area contributed by atoms with Gasteiger partial charge in [-0.05, 0) is 73.0 Å². The van der Waals surface area contributed by atoms with E-state index in [0.29, 0.717) is 16.9 Å². The van der Waals surface area contributed by atoms with E-state index in [2.05, 4.69) is 15.4 Å². The maximum absolute atomic E-state index is 12.5. The second kappa shape index (κ2) is 9.76. The molecule has 2 amide bonds. The zero-order valence-corrected chi connectivity index (χ0v) is 18.9. The zero-order valence-electron chi connectivity index (χ0n) is 18.1. The Kier molecular flexibility index (Phi) is 7.07. The number of amides is 2. The van der Waals surface area contributed by atoms with Crippen LogP contribution in [0.3, 0.4) is 0 Å². The fraction of sp³-hybridized carbons (Fsp3) is 0.167. The molecule has 7 nitrogen and oxygen atoms in total. The summed E-state index contributed by atoms with van der Waals surface area (Å²) in [5.74, 6) is -0.510. The Bertz CT molecular complexity index is 1250. The standard InChI is InChI=1S/C24H25N3O4S/c1-16-7-12-23(13-17(16)2)32(30,31)25-15-19-8-10-20(11-9-19)24(29)27-22-6-4-5-21(14-22)26-18(3)28/h4-14,25H,15H2,1-3H3,(H,26,28)(H,27,29). The van der Waals surface area contributed by atoms with E-state index in [9.17, 15) is 18.0 Å². The topological polar surface area (TPSA) is 104 Å². The smallest absolute Gasteiger partial charge is 0.255 e. The molecule has 0 aliphatic carbocycles. The predicted octanol–water partition coefficient (Wildman–Crippen LogP) is 3.99. The van der Waals surface area contributed by atoms with E-state index in [4.69, 9.17) is 0 Å². The molecular formula is C24H25N3O4S. The Morgan fingerprint density at radius 1 is 0.812 bits per heavy atom. The van der Waals surface area contributed by atoms with Gasteiger partial charge in [-0.25, -0.2) is 13.1 Å². The van der Waals surface area contributed by atoms with Crippen molar-refractivity contribution in [3.63, 3.8) is 0 Å². The Labute approximate surface area is 187 Å². The largest absolute Gasteiger partial charge is 0.326 e. The third kappa shape index (κ3) is 6.03. The number of aryl methyl sites for hydroxylation is 2. The molecule has 3 N–H and O–H groups in total. The van der Waals surface area contributed by atoms with Crippen LogP contribution in [0, 0.1) is 13.8 Å². The van der Waals surface area contributed by atoms with Gasteiger partial charge in [0, 0.05) is 30.4 Å². The molecule has 0 aliphatic heterocycles. The molecule has 0 heterocycles. The molecule has 0 unspecified atom stereocenters. The monoisotopic (exact) mass is 451 g/mol. The summed E-state index contributed by atoms with van der Waals surface area (Å²) in [6.07, 6.45) is 0. The first-order valence-electron chi connectivity index (χ1n) is 9.99. The Morgan fingerprint density at radius 2 is 1.47 bits per heavy atom. The molecule has 3 aromatic rings. The van der Waals surface area contributed by atoms with Crippen LogP contribution in [0.2, 0.25) is 0 Å². The van der Waals surface area contributed by atoms with Crippen LogP contribution in [-0.2, 0) is 21.4 Å². The molecular weight excluding hydrogens is 426 g/mol. The van der Waals surface area contributed by atoms with Crippen molar-refractivity contribution in [2.75, 3.05) is 10.6 Å². The first kappa shape index (κ1) is 23.2. The summed E-state index contributed by atoms with van der Waals surface area (Å²) >= 11 is 0. The van der Waals surface area contributed by atoms with E-state index >= 15 is 0 Å². The van der Waals surface area contributed by atoms with Gasteiger partial charge in [0.15, 0.2) is 0 Å². The highest BCUT2D eigenvalue weighted by Crippen LogP contribution is 2.17. The van der Waals surface area contributed by atoms with Crippen molar-refractivity contribution < 1.29 is 18.0 Å². The van der Waals surface area contributed by atoms with Crippen molar-refractivity contribution in [1.82, 2.24) is 4.72 Å². The van der Waals surface area contributed by atoms with Gasteiger partial charge >= 0.3 is 0 Å². The Balaban J connectivity index is 1.62. The molecule has 0 fully saturated rings. The summed E-state index contributed by atoms with van der Waals surface area (Å²) in [5, 5.41) is 5.44. The molecule has 0 saturated heterocycles. The highest BCUT2D eigenvalue weighted by Gasteiger charge is 2.14. The first-order chi connectivity index (χ1) is 15.1. The number of benzene rings is 3. The van der Waals surface area contributed by atoms with Crippen LogP contribution in [0.5, 0.6) is 0 Å². The predicted molar refractivity (Wildman–Crippen MR) is 125 cm³/mol. The fourth-order valence-corrected chi connectivity index (χ4v) is 4.10. The van der Waals surface area contributed by atoms with Crippen molar-refractivity contribution in [2.45, 2.75) is 32.2 Å². The molecule has 166 valence electrons. The third-order valence-electron chi connectivity index (χ3n) is 4.91. The zero-order chi connectivity index (χ0) is 23.3. The number of hydrogen-bond donors (Lipinski definition) is 3. The number of carbonyl (C=O) groups excluding carboxylic acids is 2. The minimum Gasteiger partial charge on any atom is -0.326 e. The minimum absolute atomic E-state index is 0.107. The lowest BCUT2D eigenvalue weighted by atomic mass is 10.1. The lowest BCUT2D eigenvalue weighted by molar-refractivity contribution is -0.114. The summed E-state index contributed by atoms with van der Waals surface area (Å²) in [6.45, 7) is 5.31. The number of rotatable bonds is 7. The number of nitrogens with one attached hydrogen (secondary N) is 3.